The van der Waals surface area contributed by atoms with Gasteiger partial charge in [0, 0.05) is 12.2 Å². The molecule has 2 rings (SSSR count). The van der Waals surface area contributed by atoms with Gasteiger partial charge in [-0.1, -0.05) is 18.6 Å². The Hall–Kier alpha value is -1.55. The van der Waals surface area contributed by atoms with Crippen LogP contribution in [0.1, 0.15) is 35.2 Å². The van der Waals surface area contributed by atoms with Gasteiger partial charge in [-0.3, -0.25) is 4.90 Å². The summed E-state index contributed by atoms with van der Waals surface area (Å²) in [7, 11) is 0. The first-order valence-electron chi connectivity index (χ1n) is 6.01. The molecule has 1 heterocycles. The second-order valence-electron chi connectivity index (χ2n) is 4.52. The van der Waals surface area contributed by atoms with E-state index < -0.39 is 5.97 Å². The van der Waals surface area contributed by atoms with Crippen LogP contribution in [0, 0.1) is 0 Å². The molecule has 0 atom stereocenters. The van der Waals surface area contributed by atoms with Gasteiger partial charge in [0.1, 0.15) is 0 Å². The number of nitrogens with zero attached hydrogens (tertiary/aromatic N) is 1. The number of likely N-dealkylation sites (tertiary alicyclic amines) is 1. The molecule has 1 aliphatic rings. The quantitative estimate of drug-likeness (QED) is 0.784. The van der Waals surface area contributed by atoms with Crippen LogP contribution < -0.4 is 5.73 Å². The molecule has 0 aliphatic carbocycles. The fraction of sp³-hybridized carbons (Fsp3) is 0.462. The third-order valence-corrected chi connectivity index (χ3v) is 3.24. The summed E-state index contributed by atoms with van der Waals surface area (Å²) in [4.78, 5) is 13.5. The van der Waals surface area contributed by atoms with E-state index in [0.29, 0.717) is 12.2 Å². The Morgan fingerprint density at radius 2 is 2.00 bits per heavy atom. The van der Waals surface area contributed by atoms with Crippen LogP contribution in [0.4, 0.5) is 5.69 Å². The average Bonchev–Trinajstić information content (AvgIpc) is 2.30. The van der Waals surface area contributed by atoms with Crippen molar-refractivity contribution in [2.24, 2.45) is 0 Å². The molecule has 3 N–H and O–H groups in total. The van der Waals surface area contributed by atoms with E-state index in [9.17, 15) is 9.90 Å². The van der Waals surface area contributed by atoms with Crippen molar-refractivity contribution in [2.45, 2.75) is 25.8 Å². The maximum absolute atomic E-state index is 11.2. The van der Waals surface area contributed by atoms with Gasteiger partial charge in [0.2, 0.25) is 0 Å². The summed E-state index contributed by atoms with van der Waals surface area (Å²) in [6, 6.07) is 5.32. The normalized spacial score (nSPS) is 16.9. The van der Waals surface area contributed by atoms with Crippen molar-refractivity contribution in [3.63, 3.8) is 0 Å². The molecule has 4 nitrogen and oxygen atoms in total. The van der Waals surface area contributed by atoms with E-state index in [-0.39, 0.29) is 5.56 Å². The third-order valence-electron chi connectivity index (χ3n) is 3.24. The van der Waals surface area contributed by atoms with Gasteiger partial charge in [-0.2, -0.15) is 0 Å². The van der Waals surface area contributed by atoms with E-state index in [1.54, 1.807) is 6.07 Å². The van der Waals surface area contributed by atoms with Crippen LogP contribution in [0.15, 0.2) is 18.2 Å². The van der Waals surface area contributed by atoms with Gasteiger partial charge < -0.3 is 10.8 Å². The number of carboxylic acids is 1. The molecule has 0 saturated carbocycles. The molecule has 1 aliphatic heterocycles. The highest BCUT2D eigenvalue weighted by Gasteiger charge is 2.17. The van der Waals surface area contributed by atoms with E-state index in [4.69, 9.17) is 5.73 Å². The zero-order valence-electron chi connectivity index (χ0n) is 9.85. The van der Waals surface area contributed by atoms with Crippen molar-refractivity contribution in [1.29, 1.82) is 0 Å². The molecule has 92 valence electrons. The summed E-state index contributed by atoms with van der Waals surface area (Å²) in [6.07, 6.45) is 3.68. The second-order valence-corrected chi connectivity index (χ2v) is 4.52. The molecule has 17 heavy (non-hydrogen) atoms. The van der Waals surface area contributed by atoms with E-state index in [2.05, 4.69) is 4.90 Å². The second kappa shape index (κ2) is 5.19. The number of piperidine rings is 1. The molecule has 0 spiro atoms. The smallest absolute Gasteiger partial charge is 0.338 e. The fourth-order valence-electron chi connectivity index (χ4n) is 2.37. The van der Waals surface area contributed by atoms with Crippen LogP contribution in [0.2, 0.25) is 0 Å². The minimum Gasteiger partial charge on any atom is -0.478 e. The lowest BCUT2D eigenvalue weighted by Gasteiger charge is -2.27. The Balaban J connectivity index is 2.19. The number of nitrogens with two attached hydrogens (primary N) is 1. The summed E-state index contributed by atoms with van der Waals surface area (Å²) in [5.41, 5.74) is 7.16. The number of rotatable bonds is 3. The molecular weight excluding hydrogens is 216 g/mol. The number of hydrogen-bond donors (Lipinski definition) is 2. The maximum Gasteiger partial charge on any atom is 0.338 e. The SMILES string of the molecule is Nc1cccc(CN2CCCCC2)c1C(=O)O. The molecule has 1 fully saturated rings. The number of benzene rings is 1. The van der Waals surface area contributed by atoms with E-state index in [1.807, 2.05) is 12.1 Å². The van der Waals surface area contributed by atoms with Crippen LogP contribution in [0.5, 0.6) is 0 Å². The van der Waals surface area contributed by atoms with Crippen molar-refractivity contribution >= 4 is 11.7 Å². The summed E-state index contributed by atoms with van der Waals surface area (Å²) in [6.45, 7) is 2.79. The summed E-state index contributed by atoms with van der Waals surface area (Å²) in [5.74, 6) is -0.935. The van der Waals surface area contributed by atoms with Crippen LogP contribution in [-0.4, -0.2) is 29.1 Å². The Morgan fingerprint density at radius 1 is 1.29 bits per heavy atom. The van der Waals surface area contributed by atoms with Gasteiger partial charge >= 0.3 is 5.97 Å². The van der Waals surface area contributed by atoms with Crippen molar-refractivity contribution in [2.75, 3.05) is 18.8 Å². The standard InChI is InChI=1S/C13H18N2O2/c14-11-6-4-5-10(12(11)13(16)17)9-15-7-2-1-3-8-15/h4-6H,1-3,7-9,14H2,(H,16,17). The Kier molecular flexibility index (Phi) is 3.64. The van der Waals surface area contributed by atoms with E-state index >= 15 is 0 Å². The number of aromatic carboxylic acids is 1. The van der Waals surface area contributed by atoms with Gasteiger partial charge in [-0.15, -0.1) is 0 Å². The topological polar surface area (TPSA) is 66.6 Å². The monoisotopic (exact) mass is 234 g/mol. The van der Waals surface area contributed by atoms with E-state index in [1.165, 1.54) is 19.3 Å². The predicted molar refractivity (Wildman–Crippen MR) is 66.9 cm³/mol. The Morgan fingerprint density at radius 3 is 2.65 bits per heavy atom. The van der Waals surface area contributed by atoms with Crippen LogP contribution in [-0.2, 0) is 6.54 Å². The first kappa shape index (κ1) is 11.9. The summed E-state index contributed by atoms with van der Waals surface area (Å²) < 4.78 is 0. The largest absolute Gasteiger partial charge is 0.478 e. The number of carbonyl (C=O) groups is 1. The van der Waals surface area contributed by atoms with Crippen molar-refractivity contribution < 1.29 is 9.90 Å². The third kappa shape index (κ3) is 2.77. The molecule has 0 bridgehead atoms. The lowest BCUT2D eigenvalue weighted by molar-refractivity contribution is 0.0695. The van der Waals surface area contributed by atoms with E-state index in [0.717, 1.165) is 18.7 Å². The summed E-state index contributed by atoms with van der Waals surface area (Å²) >= 11 is 0. The molecule has 0 amide bonds. The molecule has 0 aromatic heterocycles. The number of nitrogen functional groups attached to an aromatic ring is 1. The van der Waals surface area contributed by atoms with Crippen molar-refractivity contribution in [3.8, 4) is 0 Å². The zero-order valence-corrected chi connectivity index (χ0v) is 9.85. The van der Waals surface area contributed by atoms with Crippen molar-refractivity contribution in [3.05, 3.63) is 29.3 Å². The van der Waals surface area contributed by atoms with Gasteiger partial charge in [-0.25, -0.2) is 4.79 Å². The molecular formula is C13H18N2O2. The molecule has 1 aromatic carbocycles. The zero-order chi connectivity index (χ0) is 12.3. The van der Waals surface area contributed by atoms with Gasteiger partial charge in [0.05, 0.1) is 5.56 Å². The molecule has 4 heteroatoms. The lowest BCUT2D eigenvalue weighted by atomic mass is 10.0. The predicted octanol–water partition coefficient (Wildman–Crippen LogP) is 1.95. The van der Waals surface area contributed by atoms with Crippen LogP contribution in [0.3, 0.4) is 0 Å². The average molecular weight is 234 g/mol. The summed E-state index contributed by atoms with van der Waals surface area (Å²) in [5, 5.41) is 9.18. The number of anilines is 1. The Labute approximate surface area is 101 Å². The van der Waals surface area contributed by atoms with Gasteiger partial charge in [0.25, 0.3) is 0 Å². The molecule has 1 aromatic rings. The van der Waals surface area contributed by atoms with Crippen LogP contribution >= 0.6 is 0 Å². The number of hydrogen-bond acceptors (Lipinski definition) is 3. The highest BCUT2D eigenvalue weighted by atomic mass is 16.4. The minimum absolute atomic E-state index is 0.262. The number of carboxylic acid groups (broad SMARTS) is 1. The van der Waals surface area contributed by atoms with Gasteiger partial charge in [-0.05, 0) is 37.6 Å². The maximum atomic E-state index is 11.2. The minimum atomic E-state index is -0.935. The molecule has 0 unspecified atom stereocenters. The Bertz CT molecular complexity index is 412. The first-order valence-corrected chi connectivity index (χ1v) is 6.01. The fourth-order valence-corrected chi connectivity index (χ4v) is 2.37. The highest BCUT2D eigenvalue weighted by Crippen LogP contribution is 2.20. The molecule has 0 radical (unpaired) electrons. The van der Waals surface area contributed by atoms with Crippen molar-refractivity contribution in [1.82, 2.24) is 4.90 Å². The highest BCUT2D eigenvalue weighted by molar-refractivity contribution is 5.95. The lowest BCUT2D eigenvalue weighted by Crippen LogP contribution is -2.29. The van der Waals surface area contributed by atoms with Gasteiger partial charge in [0.15, 0.2) is 0 Å². The molecule has 1 saturated heterocycles. The van der Waals surface area contributed by atoms with Crippen LogP contribution in [0.25, 0.3) is 0 Å². The first-order chi connectivity index (χ1) is 8.18.